The van der Waals surface area contributed by atoms with Crippen LogP contribution in [0.3, 0.4) is 0 Å². The number of nitrogens with zero attached hydrogens (tertiary/aromatic N) is 3. The standard InChI is InChI=1S/C28H35N5O3S/c1-17(19-8-10-20(11-9-19)22-18(2)30-16-37-22)31-24(34)21-7-6-14-33(21)25(35)23(27(3,4)5)32-26(36)28(15-29)12-13-28/h8-11,16-17,21,23H,6-7,12-14H2,1-5H3,(H,31,34)(H,32,36)/t17?,21-,23+/m0/s1. The van der Waals surface area contributed by atoms with E-state index in [1.54, 1.807) is 16.2 Å². The molecule has 1 saturated heterocycles. The van der Waals surface area contributed by atoms with Crippen LogP contribution in [0.4, 0.5) is 0 Å². The molecule has 2 aromatic rings. The van der Waals surface area contributed by atoms with Crippen molar-refractivity contribution in [1.29, 1.82) is 5.26 Å². The largest absolute Gasteiger partial charge is 0.348 e. The van der Waals surface area contributed by atoms with Gasteiger partial charge in [-0.2, -0.15) is 5.26 Å². The first kappa shape index (κ1) is 26.8. The van der Waals surface area contributed by atoms with Gasteiger partial charge in [0.05, 0.1) is 28.2 Å². The second kappa shape index (κ2) is 10.3. The Morgan fingerprint density at radius 1 is 1.19 bits per heavy atom. The van der Waals surface area contributed by atoms with Crippen LogP contribution in [0, 0.1) is 29.1 Å². The van der Waals surface area contributed by atoms with Crippen molar-refractivity contribution in [2.75, 3.05) is 6.54 Å². The van der Waals surface area contributed by atoms with E-state index < -0.39 is 28.8 Å². The van der Waals surface area contributed by atoms with Gasteiger partial charge in [0.15, 0.2) is 0 Å². The number of thiazole rings is 1. The summed E-state index contributed by atoms with van der Waals surface area (Å²) in [5.41, 5.74) is 3.30. The molecule has 0 spiro atoms. The molecule has 0 radical (unpaired) electrons. The lowest BCUT2D eigenvalue weighted by atomic mass is 9.85. The number of aromatic nitrogens is 1. The number of amides is 3. The molecule has 196 valence electrons. The zero-order valence-electron chi connectivity index (χ0n) is 22.1. The molecule has 9 heteroatoms. The summed E-state index contributed by atoms with van der Waals surface area (Å²) in [6.07, 6.45) is 2.31. The third kappa shape index (κ3) is 5.54. The molecule has 3 amide bonds. The number of hydrogen-bond donors (Lipinski definition) is 2. The molecule has 37 heavy (non-hydrogen) atoms. The minimum Gasteiger partial charge on any atom is -0.348 e. The van der Waals surface area contributed by atoms with Gasteiger partial charge in [-0.1, -0.05) is 45.0 Å². The molecule has 1 unspecified atom stereocenters. The van der Waals surface area contributed by atoms with Crippen LogP contribution >= 0.6 is 11.3 Å². The first-order chi connectivity index (χ1) is 17.5. The van der Waals surface area contributed by atoms with E-state index in [0.29, 0.717) is 32.2 Å². The van der Waals surface area contributed by atoms with Crippen molar-refractivity contribution in [2.45, 2.75) is 78.4 Å². The predicted molar refractivity (Wildman–Crippen MR) is 142 cm³/mol. The van der Waals surface area contributed by atoms with Crippen LogP contribution in [0.15, 0.2) is 29.8 Å². The van der Waals surface area contributed by atoms with Gasteiger partial charge in [-0.05, 0) is 56.1 Å². The molecule has 2 aliphatic rings. The van der Waals surface area contributed by atoms with E-state index in [-0.39, 0.29) is 17.9 Å². The summed E-state index contributed by atoms with van der Waals surface area (Å²) in [6, 6.07) is 8.53. The van der Waals surface area contributed by atoms with Gasteiger partial charge in [-0.15, -0.1) is 11.3 Å². The number of likely N-dealkylation sites (tertiary alicyclic amines) is 1. The van der Waals surface area contributed by atoms with E-state index >= 15 is 0 Å². The molecule has 1 aliphatic carbocycles. The molecule has 1 aromatic heterocycles. The van der Waals surface area contributed by atoms with Gasteiger partial charge in [0, 0.05) is 6.54 Å². The molecular weight excluding hydrogens is 486 g/mol. The highest BCUT2D eigenvalue weighted by molar-refractivity contribution is 7.13. The minimum absolute atomic E-state index is 0.199. The average Bonchev–Trinajstić information content (AvgIpc) is 3.29. The summed E-state index contributed by atoms with van der Waals surface area (Å²) in [5.74, 6) is -0.867. The van der Waals surface area contributed by atoms with Gasteiger partial charge in [-0.3, -0.25) is 14.4 Å². The van der Waals surface area contributed by atoms with Crippen molar-refractivity contribution in [1.82, 2.24) is 20.5 Å². The molecule has 8 nitrogen and oxygen atoms in total. The van der Waals surface area contributed by atoms with Crippen molar-refractivity contribution in [3.8, 4) is 16.5 Å². The Balaban J connectivity index is 1.43. The number of carbonyl (C=O) groups is 3. The number of benzene rings is 1. The van der Waals surface area contributed by atoms with E-state index in [4.69, 9.17) is 0 Å². The summed E-state index contributed by atoms with van der Waals surface area (Å²) < 4.78 is 0. The highest BCUT2D eigenvalue weighted by Gasteiger charge is 2.53. The maximum absolute atomic E-state index is 13.7. The zero-order chi connectivity index (χ0) is 27.0. The van der Waals surface area contributed by atoms with Crippen LogP contribution in [0.25, 0.3) is 10.4 Å². The lowest BCUT2D eigenvalue weighted by Gasteiger charge is -2.36. The van der Waals surface area contributed by atoms with Crippen molar-refractivity contribution in [3.05, 3.63) is 41.0 Å². The SMILES string of the molecule is Cc1ncsc1-c1ccc(C(C)NC(=O)[C@@H]2CCCN2C(=O)[C@@H](NC(=O)C2(C#N)CC2)C(C)(C)C)cc1. The fraction of sp³-hybridized carbons (Fsp3) is 0.536. The molecular formula is C28H35N5O3S. The van der Waals surface area contributed by atoms with Crippen molar-refractivity contribution in [3.63, 3.8) is 0 Å². The Morgan fingerprint density at radius 3 is 2.41 bits per heavy atom. The second-order valence-corrected chi connectivity index (χ2v) is 12.1. The first-order valence-electron chi connectivity index (χ1n) is 12.8. The van der Waals surface area contributed by atoms with Crippen LogP contribution in [-0.2, 0) is 14.4 Å². The Hall–Kier alpha value is -3.25. The van der Waals surface area contributed by atoms with Gasteiger partial charge < -0.3 is 15.5 Å². The number of nitriles is 1. The van der Waals surface area contributed by atoms with E-state index in [0.717, 1.165) is 21.7 Å². The highest BCUT2D eigenvalue weighted by atomic mass is 32.1. The first-order valence-corrected chi connectivity index (χ1v) is 13.7. The molecule has 4 rings (SSSR count). The summed E-state index contributed by atoms with van der Waals surface area (Å²) in [7, 11) is 0. The lowest BCUT2D eigenvalue weighted by Crippen LogP contribution is -2.58. The third-order valence-electron chi connectivity index (χ3n) is 7.40. The van der Waals surface area contributed by atoms with E-state index in [9.17, 15) is 19.6 Å². The number of aryl methyl sites for hydroxylation is 1. The molecule has 1 aromatic carbocycles. The topological polar surface area (TPSA) is 115 Å². The van der Waals surface area contributed by atoms with E-state index in [1.165, 1.54) is 0 Å². The molecule has 1 saturated carbocycles. The summed E-state index contributed by atoms with van der Waals surface area (Å²) in [6.45, 7) is 10.0. The average molecular weight is 522 g/mol. The van der Waals surface area contributed by atoms with Gasteiger partial charge >= 0.3 is 0 Å². The molecule has 2 fully saturated rings. The van der Waals surface area contributed by atoms with E-state index in [1.807, 2.05) is 64.4 Å². The molecule has 0 bridgehead atoms. The van der Waals surface area contributed by atoms with Gasteiger partial charge in [-0.25, -0.2) is 4.98 Å². The summed E-state index contributed by atoms with van der Waals surface area (Å²) in [4.78, 5) is 46.8. The number of nitrogens with one attached hydrogen (secondary N) is 2. The molecule has 2 heterocycles. The van der Waals surface area contributed by atoms with Crippen molar-refractivity contribution in [2.24, 2.45) is 10.8 Å². The molecule has 3 atom stereocenters. The monoisotopic (exact) mass is 521 g/mol. The Morgan fingerprint density at radius 2 is 1.86 bits per heavy atom. The van der Waals surface area contributed by atoms with Gasteiger partial charge in [0.25, 0.3) is 0 Å². The van der Waals surface area contributed by atoms with Crippen LogP contribution in [0.1, 0.15) is 70.7 Å². The highest BCUT2D eigenvalue weighted by Crippen LogP contribution is 2.45. The quantitative estimate of drug-likeness (QED) is 0.569. The van der Waals surface area contributed by atoms with E-state index in [2.05, 4.69) is 21.7 Å². The van der Waals surface area contributed by atoms with Crippen LogP contribution < -0.4 is 10.6 Å². The Kier molecular flexibility index (Phi) is 7.43. The van der Waals surface area contributed by atoms with Gasteiger partial charge in [0.2, 0.25) is 17.7 Å². The number of carbonyl (C=O) groups excluding carboxylic acids is 3. The van der Waals surface area contributed by atoms with Crippen LogP contribution in [0.5, 0.6) is 0 Å². The third-order valence-corrected chi connectivity index (χ3v) is 8.38. The Bertz CT molecular complexity index is 1220. The maximum Gasteiger partial charge on any atom is 0.246 e. The smallest absolute Gasteiger partial charge is 0.246 e. The summed E-state index contributed by atoms with van der Waals surface area (Å²) in [5, 5.41) is 15.3. The fourth-order valence-electron chi connectivity index (χ4n) is 4.80. The maximum atomic E-state index is 13.7. The summed E-state index contributed by atoms with van der Waals surface area (Å²) >= 11 is 1.60. The molecule has 2 N–H and O–H groups in total. The second-order valence-electron chi connectivity index (χ2n) is 11.3. The predicted octanol–water partition coefficient (Wildman–Crippen LogP) is 4.12. The fourth-order valence-corrected chi connectivity index (χ4v) is 5.61. The number of hydrogen-bond acceptors (Lipinski definition) is 6. The molecule has 1 aliphatic heterocycles. The van der Waals surface area contributed by atoms with Gasteiger partial charge in [0.1, 0.15) is 17.5 Å². The van der Waals surface area contributed by atoms with Crippen LogP contribution in [-0.4, -0.2) is 46.2 Å². The van der Waals surface area contributed by atoms with Crippen molar-refractivity contribution >= 4 is 29.1 Å². The lowest BCUT2D eigenvalue weighted by molar-refractivity contribution is -0.144. The normalized spacial score (nSPS) is 20.0. The minimum atomic E-state index is -1.02. The zero-order valence-corrected chi connectivity index (χ0v) is 22.9. The van der Waals surface area contributed by atoms with Crippen molar-refractivity contribution < 1.29 is 14.4 Å². The number of rotatable bonds is 7. The Labute approximate surface area is 222 Å². The van der Waals surface area contributed by atoms with Crippen LogP contribution in [0.2, 0.25) is 0 Å².